The van der Waals surface area contributed by atoms with Gasteiger partial charge in [0.1, 0.15) is 11.6 Å². The number of rotatable bonds is 7. The average Bonchev–Trinajstić information content (AvgIpc) is 2.37. The van der Waals surface area contributed by atoms with Crippen molar-refractivity contribution in [2.75, 3.05) is 30.0 Å². The quantitative estimate of drug-likeness (QED) is 0.807. The van der Waals surface area contributed by atoms with Crippen molar-refractivity contribution in [2.24, 2.45) is 0 Å². The Morgan fingerprint density at radius 2 is 1.86 bits per heavy atom. The predicted octanol–water partition coefficient (Wildman–Crippen LogP) is 2.50. The zero-order valence-electron chi connectivity index (χ0n) is 12.1. The van der Waals surface area contributed by atoms with E-state index in [9.17, 15) is 17.4 Å². The van der Waals surface area contributed by atoms with Crippen LogP contribution in [0.5, 0.6) is 0 Å². The number of hydrogen-bond donors (Lipinski definition) is 2. The summed E-state index contributed by atoms with van der Waals surface area (Å²) in [5, 5.41) is 5.52. The molecule has 1 rings (SSSR count). The highest BCUT2D eigenvalue weighted by Crippen LogP contribution is 2.28. The van der Waals surface area contributed by atoms with Crippen molar-refractivity contribution in [2.45, 2.75) is 31.7 Å². The van der Waals surface area contributed by atoms with Crippen molar-refractivity contribution in [1.82, 2.24) is 9.97 Å². The van der Waals surface area contributed by atoms with Gasteiger partial charge in [0.2, 0.25) is 5.82 Å². The second-order valence-corrected chi connectivity index (χ2v) is 6.32. The Morgan fingerprint density at radius 3 is 2.33 bits per heavy atom. The molecule has 120 valence electrons. The van der Waals surface area contributed by atoms with Gasteiger partial charge in [0.15, 0.2) is 0 Å². The van der Waals surface area contributed by atoms with E-state index in [4.69, 9.17) is 0 Å². The molecule has 0 fully saturated rings. The zero-order chi connectivity index (χ0) is 16.0. The maximum Gasteiger partial charge on any atom is 0.451 e. The van der Waals surface area contributed by atoms with Gasteiger partial charge in [-0.2, -0.15) is 13.2 Å². The maximum atomic E-state index is 12.7. The molecule has 9 heteroatoms. The Morgan fingerprint density at radius 1 is 1.29 bits per heavy atom. The van der Waals surface area contributed by atoms with Gasteiger partial charge in [0.05, 0.1) is 0 Å². The number of hydrogen-bond acceptors (Lipinski definition) is 5. The number of aromatic nitrogens is 2. The number of nitrogens with zero attached hydrogens (tertiary/aromatic N) is 2. The summed E-state index contributed by atoms with van der Waals surface area (Å²) >= 11 is 0. The molecule has 2 unspecified atom stereocenters. The third-order valence-electron chi connectivity index (χ3n) is 2.76. The fourth-order valence-electron chi connectivity index (χ4n) is 1.51. The van der Waals surface area contributed by atoms with Gasteiger partial charge in [-0.05, 0) is 13.3 Å². The van der Waals surface area contributed by atoms with Gasteiger partial charge in [-0.1, -0.05) is 6.92 Å². The predicted molar refractivity (Wildman–Crippen MR) is 77.8 cm³/mol. The van der Waals surface area contributed by atoms with Crippen LogP contribution in [0, 0.1) is 0 Å². The third kappa shape index (κ3) is 5.86. The Labute approximate surface area is 124 Å². The van der Waals surface area contributed by atoms with E-state index in [2.05, 4.69) is 20.6 Å². The van der Waals surface area contributed by atoms with Crippen LogP contribution in [0.15, 0.2) is 6.07 Å². The van der Waals surface area contributed by atoms with Crippen LogP contribution in [-0.4, -0.2) is 38.8 Å². The fraction of sp³-hybridized carbons (Fsp3) is 0.667. The highest BCUT2D eigenvalue weighted by molar-refractivity contribution is 7.84. The Kier molecular flexibility index (Phi) is 6.38. The second-order valence-electron chi connectivity index (χ2n) is 4.51. The fourth-order valence-corrected chi connectivity index (χ4v) is 1.96. The molecule has 0 bridgehead atoms. The van der Waals surface area contributed by atoms with E-state index in [0.717, 1.165) is 0 Å². The first-order chi connectivity index (χ1) is 9.74. The van der Waals surface area contributed by atoms with E-state index >= 15 is 0 Å². The Hall–Kier alpha value is -1.38. The molecule has 2 atom stereocenters. The summed E-state index contributed by atoms with van der Waals surface area (Å²) in [4.78, 5) is 6.90. The minimum atomic E-state index is -4.60. The molecule has 5 nitrogen and oxygen atoms in total. The smallest absolute Gasteiger partial charge is 0.370 e. The van der Waals surface area contributed by atoms with Gasteiger partial charge in [-0.25, -0.2) is 9.97 Å². The molecule has 0 amide bonds. The third-order valence-corrected chi connectivity index (χ3v) is 4.13. The summed E-state index contributed by atoms with van der Waals surface area (Å²) in [5.74, 6) is -0.965. The van der Waals surface area contributed by atoms with Crippen LogP contribution in [0.25, 0.3) is 0 Å². The maximum absolute atomic E-state index is 12.7. The molecule has 1 aromatic rings. The molecule has 0 radical (unpaired) electrons. The van der Waals surface area contributed by atoms with Crippen LogP contribution in [0.4, 0.5) is 24.8 Å². The van der Waals surface area contributed by atoms with Crippen LogP contribution in [-0.2, 0) is 17.0 Å². The van der Waals surface area contributed by atoms with Gasteiger partial charge < -0.3 is 10.6 Å². The number of alkyl halides is 3. The SMILES string of the molecule is CCNc1cc(NCCC(C)S(C)=O)nc(C(F)(F)F)n1. The van der Waals surface area contributed by atoms with E-state index in [1.165, 1.54) is 6.07 Å². The molecule has 0 aromatic carbocycles. The summed E-state index contributed by atoms with van der Waals surface area (Å²) in [6.07, 6.45) is -2.43. The Balaban J connectivity index is 2.81. The van der Waals surface area contributed by atoms with E-state index in [-0.39, 0.29) is 16.9 Å². The molecule has 1 heterocycles. The van der Waals surface area contributed by atoms with E-state index in [0.29, 0.717) is 19.5 Å². The molecule has 21 heavy (non-hydrogen) atoms. The summed E-state index contributed by atoms with van der Waals surface area (Å²) in [5.41, 5.74) is 0. The highest BCUT2D eigenvalue weighted by Gasteiger charge is 2.35. The lowest BCUT2D eigenvalue weighted by atomic mass is 10.3. The molecule has 2 N–H and O–H groups in total. The van der Waals surface area contributed by atoms with Crippen molar-refractivity contribution in [1.29, 1.82) is 0 Å². The van der Waals surface area contributed by atoms with Gasteiger partial charge in [-0.3, -0.25) is 4.21 Å². The molecule has 0 aliphatic carbocycles. The molecule has 0 aliphatic heterocycles. The monoisotopic (exact) mass is 324 g/mol. The number of anilines is 2. The highest BCUT2D eigenvalue weighted by atomic mass is 32.2. The summed E-state index contributed by atoms with van der Waals surface area (Å²) in [6, 6.07) is 1.42. The standard InChI is InChI=1S/C12H19F3N4OS/c1-4-16-9-7-10(17-6-5-8(2)21(3)20)19-11(18-9)12(13,14)15/h7-8H,4-6H2,1-3H3,(H2,16,17,18,19). The molecule has 1 aromatic heterocycles. The van der Waals surface area contributed by atoms with Crippen LogP contribution < -0.4 is 10.6 Å². The van der Waals surface area contributed by atoms with Crippen molar-refractivity contribution in [3.63, 3.8) is 0 Å². The van der Waals surface area contributed by atoms with Crippen LogP contribution >= 0.6 is 0 Å². The molecular formula is C12H19F3N4OS. The minimum absolute atomic E-state index is 0.0327. The largest absolute Gasteiger partial charge is 0.451 e. The topological polar surface area (TPSA) is 66.9 Å². The summed E-state index contributed by atoms with van der Waals surface area (Å²) in [7, 11) is -0.959. The molecular weight excluding hydrogens is 305 g/mol. The Bertz CT molecular complexity index is 496. The van der Waals surface area contributed by atoms with Gasteiger partial charge in [0, 0.05) is 41.5 Å². The van der Waals surface area contributed by atoms with Crippen LogP contribution in [0.2, 0.25) is 0 Å². The lowest BCUT2D eigenvalue weighted by Crippen LogP contribution is -2.18. The van der Waals surface area contributed by atoms with Crippen LogP contribution in [0.3, 0.4) is 0 Å². The molecule has 0 saturated heterocycles. The lowest BCUT2D eigenvalue weighted by molar-refractivity contribution is -0.144. The van der Waals surface area contributed by atoms with Crippen molar-refractivity contribution in [3.05, 3.63) is 11.9 Å². The molecule has 0 aliphatic rings. The second kappa shape index (κ2) is 7.58. The van der Waals surface area contributed by atoms with Gasteiger partial charge in [0.25, 0.3) is 0 Å². The first kappa shape index (κ1) is 17.7. The first-order valence-electron chi connectivity index (χ1n) is 6.50. The zero-order valence-corrected chi connectivity index (χ0v) is 12.9. The number of nitrogens with one attached hydrogen (secondary N) is 2. The number of halogens is 3. The van der Waals surface area contributed by atoms with Gasteiger partial charge >= 0.3 is 6.18 Å². The normalized spacial score (nSPS) is 14.6. The summed E-state index contributed by atoms with van der Waals surface area (Å²) in [6.45, 7) is 4.43. The lowest BCUT2D eigenvalue weighted by Gasteiger charge is -2.13. The van der Waals surface area contributed by atoms with E-state index in [1.807, 2.05) is 6.92 Å². The van der Waals surface area contributed by atoms with Crippen LogP contribution in [0.1, 0.15) is 26.1 Å². The summed E-state index contributed by atoms with van der Waals surface area (Å²) < 4.78 is 49.4. The van der Waals surface area contributed by atoms with E-state index < -0.39 is 22.8 Å². The van der Waals surface area contributed by atoms with Crippen molar-refractivity contribution < 1.29 is 17.4 Å². The van der Waals surface area contributed by atoms with Gasteiger partial charge in [-0.15, -0.1) is 0 Å². The van der Waals surface area contributed by atoms with E-state index in [1.54, 1.807) is 13.2 Å². The van der Waals surface area contributed by atoms with Crippen molar-refractivity contribution in [3.8, 4) is 0 Å². The average molecular weight is 324 g/mol. The molecule has 0 spiro atoms. The molecule has 0 saturated carbocycles. The van der Waals surface area contributed by atoms with Crippen molar-refractivity contribution >= 4 is 22.4 Å². The first-order valence-corrected chi connectivity index (χ1v) is 8.12. The minimum Gasteiger partial charge on any atom is -0.370 e.